The van der Waals surface area contributed by atoms with E-state index in [0.717, 1.165) is 25.1 Å². The Bertz CT molecular complexity index is 868. The van der Waals surface area contributed by atoms with Crippen LogP contribution in [0.3, 0.4) is 0 Å². The Morgan fingerprint density at radius 1 is 1.10 bits per heavy atom. The second kappa shape index (κ2) is 11.7. The van der Waals surface area contributed by atoms with Crippen molar-refractivity contribution in [2.45, 2.75) is 31.8 Å². The minimum absolute atomic E-state index is 0. The molecule has 2 aromatic rings. The summed E-state index contributed by atoms with van der Waals surface area (Å²) in [5, 5.41) is 3.20. The number of hydrogen-bond donors (Lipinski definition) is 2. The van der Waals surface area contributed by atoms with Crippen LogP contribution < -0.4 is 19.5 Å². The van der Waals surface area contributed by atoms with Crippen LogP contribution in [0.25, 0.3) is 0 Å². The van der Waals surface area contributed by atoms with E-state index < -0.39 is 16.6 Å². The van der Waals surface area contributed by atoms with Crippen LogP contribution in [0.5, 0.6) is 11.6 Å². The highest BCUT2D eigenvalue weighted by Gasteiger charge is 2.16. The average molecular weight is 452 g/mol. The number of aryl methyl sites for hydroxylation is 1. The van der Waals surface area contributed by atoms with Gasteiger partial charge >= 0.3 is 6.61 Å². The Kier molecular flexibility index (Phi) is 10.1. The molecular weight excluding hydrogens is 428 g/mol. The molecule has 0 aliphatic rings. The third-order valence-electron chi connectivity index (χ3n) is 3.62. The fourth-order valence-electron chi connectivity index (χ4n) is 2.26. The number of pyridine rings is 1. The van der Waals surface area contributed by atoms with E-state index in [-0.39, 0.29) is 23.1 Å². The summed E-state index contributed by atoms with van der Waals surface area (Å²) in [6.07, 6.45) is 1.04. The lowest BCUT2D eigenvalue weighted by Gasteiger charge is -2.12. The van der Waals surface area contributed by atoms with Gasteiger partial charge in [-0.15, -0.1) is 12.4 Å². The van der Waals surface area contributed by atoms with Crippen molar-refractivity contribution in [2.75, 3.05) is 24.4 Å². The lowest BCUT2D eigenvalue weighted by atomic mass is 10.3. The molecule has 0 unspecified atom stereocenters. The van der Waals surface area contributed by atoms with Crippen LogP contribution in [-0.4, -0.2) is 39.7 Å². The predicted molar refractivity (Wildman–Crippen MR) is 109 cm³/mol. The summed E-state index contributed by atoms with van der Waals surface area (Å²) < 4.78 is 61.5. The second-order valence-electron chi connectivity index (χ2n) is 5.84. The minimum atomic E-state index is -3.91. The smallest absolute Gasteiger partial charge is 0.387 e. The van der Waals surface area contributed by atoms with Gasteiger partial charge in [-0.1, -0.05) is 6.92 Å². The van der Waals surface area contributed by atoms with Crippen molar-refractivity contribution >= 4 is 28.1 Å². The molecule has 0 bridgehead atoms. The van der Waals surface area contributed by atoms with Gasteiger partial charge in [0.05, 0.1) is 16.3 Å². The first kappa shape index (κ1) is 24.9. The van der Waals surface area contributed by atoms with Crippen molar-refractivity contribution in [1.82, 2.24) is 10.3 Å². The van der Waals surface area contributed by atoms with Crippen LogP contribution in [-0.2, 0) is 10.0 Å². The van der Waals surface area contributed by atoms with Crippen LogP contribution in [0.15, 0.2) is 41.3 Å². The Labute approximate surface area is 175 Å². The van der Waals surface area contributed by atoms with Gasteiger partial charge in [0.2, 0.25) is 5.88 Å². The lowest BCUT2D eigenvalue weighted by molar-refractivity contribution is -0.0498. The molecule has 0 saturated heterocycles. The Morgan fingerprint density at radius 3 is 2.38 bits per heavy atom. The van der Waals surface area contributed by atoms with Crippen molar-refractivity contribution < 1.29 is 26.7 Å². The number of rotatable bonds is 11. The number of sulfonamides is 1. The zero-order chi connectivity index (χ0) is 20.6. The molecule has 7 nitrogen and oxygen atoms in total. The van der Waals surface area contributed by atoms with E-state index in [1.54, 1.807) is 19.1 Å². The Balaban J connectivity index is 0.00000420. The van der Waals surface area contributed by atoms with Crippen LogP contribution in [0, 0.1) is 6.92 Å². The highest BCUT2D eigenvalue weighted by molar-refractivity contribution is 7.92. The molecule has 0 radical (unpaired) electrons. The van der Waals surface area contributed by atoms with E-state index in [4.69, 9.17) is 4.74 Å². The molecule has 0 saturated carbocycles. The van der Waals surface area contributed by atoms with Gasteiger partial charge in [-0.3, -0.25) is 4.72 Å². The summed E-state index contributed by atoms with van der Waals surface area (Å²) >= 11 is 0. The monoisotopic (exact) mass is 451 g/mol. The van der Waals surface area contributed by atoms with E-state index in [1.165, 1.54) is 12.1 Å². The number of halogens is 3. The molecule has 162 valence electrons. The molecule has 1 aromatic carbocycles. The number of alkyl halides is 2. The number of anilines is 1. The van der Waals surface area contributed by atoms with E-state index in [0.29, 0.717) is 30.4 Å². The van der Waals surface area contributed by atoms with Crippen LogP contribution in [0.4, 0.5) is 14.5 Å². The van der Waals surface area contributed by atoms with Crippen LogP contribution in [0.2, 0.25) is 0 Å². The first-order valence-electron chi connectivity index (χ1n) is 8.70. The van der Waals surface area contributed by atoms with Gasteiger partial charge in [0.1, 0.15) is 12.4 Å². The molecule has 0 aliphatic heterocycles. The molecule has 1 aromatic heterocycles. The third kappa shape index (κ3) is 8.00. The predicted octanol–water partition coefficient (Wildman–Crippen LogP) is 3.59. The third-order valence-corrected chi connectivity index (χ3v) is 5.00. The quantitative estimate of drug-likeness (QED) is 0.507. The summed E-state index contributed by atoms with van der Waals surface area (Å²) in [6, 6.07) is 7.82. The summed E-state index contributed by atoms with van der Waals surface area (Å²) in [5.41, 5.74) is 0.740. The molecule has 0 amide bonds. The second-order valence-corrected chi connectivity index (χ2v) is 7.52. The number of aromatic nitrogens is 1. The zero-order valence-corrected chi connectivity index (χ0v) is 17.7. The molecule has 2 rings (SSSR count). The van der Waals surface area contributed by atoms with E-state index in [9.17, 15) is 17.2 Å². The minimum Gasteiger partial charge on any atom is -0.476 e. The van der Waals surface area contributed by atoms with Crippen molar-refractivity contribution in [2.24, 2.45) is 0 Å². The highest BCUT2D eigenvalue weighted by Crippen LogP contribution is 2.23. The molecule has 0 aliphatic carbocycles. The van der Waals surface area contributed by atoms with Gasteiger partial charge in [-0.05, 0) is 50.2 Å². The Hall–Kier alpha value is -2.17. The molecule has 0 atom stereocenters. The van der Waals surface area contributed by atoms with Gasteiger partial charge in [-0.2, -0.15) is 8.78 Å². The zero-order valence-electron chi connectivity index (χ0n) is 16.0. The molecular formula is C18H24ClF2N3O4S. The van der Waals surface area contributed by atoms with Gasteiger partial charge < -0.3 is 14.8 Å². The van der Waals surface area contributed by atoms with Gasteiger partial charge in [0.25, 0.3) is 10.0 Å². The summed E-state index contributed by atoms with van der Waals surface area (Å²) in [6.45, 7) is 2.80. The van der Waals surface area contributed by atoms with Gasteiger partial charge in [0, 0.05) is 12.6 Å². The van der Waals surface area contributed by atoms with Crippen molar-refractivity contribution in [3.05, 3.63) is 42.1 Å². The summed E-state index contributed by atoms with van der Waals surface area (Å²) in [4.78, 5) is 4.15. The standard InChI is InChI=1S/C18H23F2N3O4S.ClH/c1-3-10-21-11-12-26-17-9-8-16(13(2)22-17)23-28(24,25)15-6-4-14(5-7-15)27-18(19)20;/h4-9,18,21,23H,3,10-12H2,1-2H3;1H. The highest BCUT2D eigenvalue weighted by atomic mass is 35.5. The first-order valence-corrected chi connectivity index (χ1v) is 10.2. The fourth-order valence-corrected chi connectivity index (χ4v) is 3.38. The first-order chi connectivity index (χ1) is 13.3. The average Bonchev–Trinajstić information content (AvgIpc) is 2.63. The summed E-state index contributed by atoms with van der Waals surface area (Å²) in [7, 11) is -3.91. The lowest BCUT2D eigenvalue weighted by Crippen LogP contribution is -2.21. The number of hydrogen-bond acceptors (Lipinski definition) is 6. The molecule has 0 spiro atoms. The topological polar surface area (TPSA) is 89.6 Å². The van der Waals surface area contributed by atoms with E-state index in [2.05, 4.69) is 26.7 Å². The van der Waals surface area contributed by atoms with Crippen molar-refractivity contribution in [1.29, 1.82) is 0 Å². The largest absolute Gasteiger partial charge is 0.476 e. The molecule has 2 N–H and O–H groups in total. The SMILES string of the molecule is CCCNCCOc1ccc(NS(=O)(=O)c2ccc(OC(F)F)cc2)c(C)n1.Cl. The van der Waals surface area contributed by atoms with Crippen LogP contribution >= 0.6 is 12.4 Å². The fraction of sp³-hybridized carbons (Fsp3) is 0.389. The van der Waals surface area contributed by atoms with Crippen molar-refractivity contribution in [3.63, 3.8) is 0 Å². The molecule has 1 heterocycles. The number of nitrogens with one attached hydrogen (secondary N) is 2. The molecule has 29 heavy (non-hydrogen) atoms. The molecule has 11 heteroatoms. The maximum Gasteiger partial charge on any atom is 0.387 e. The summed E-state index contributed by atoms with van der Waals surface area (Å²) in [5.74, 6) is 0.272. The Morgan fingerprint density at radius 2 is 1.79 bits per heavy atom. The number of ether oxygens (including phenoxy) is 2. The van der Waals surface area contributed by atoms with Crippen LogP contribution in [0.1, 0.15) is 19.0 Å². The number of benzene rings is 1. The maximum absolute atomic E-state index is 12.5. The molecule has 0 fully saturated rings. The van der Waals surface area contributed by atoms with E-state index in [1.807, 2.05) is 0 Å². The van der Waals surface area contributed by atoms with Crippen molar-refractivity contribution in [3.8, 4) is 11.6 Å². The normalized spacial score (nSPS) is 11.1. The van der Waals surface area contributed by atoms with Gasteiger partial charge in [0.15, 0.2) is 0 Å². The van der Waals surface area contributed by atoms with E-state index >= 15 is 0 Å². The number of nitrogens with zero attached hydrogens (tertiary/aromatic N) is 1. The van der Waals surface area contributed by atoms with Gasteiger partial charge in [-0.25, -0.2) is 13.4 Å². The maximum atomic E-state index is 12.5.